The Morgan fingerprint density at radius 2 is 1.92 bits per heavy atom. The number of H-pyrrole nitrogens is 1. The molecule has 0 aliphatic heterocycles. The smallest absolute Gasteiger partial charge is 0.272 e. The molecule has 0 saturated carbocycles. The van der Waals surface area contributed by atoms with Crippen LogP contribution >= 0.6 is 0 Å². The number of aromatic nitrogens is 2. The van der Waals surface area contributed by atoms with Gasteiger partial charge < -0.3 is 15.6 Å². The second-order valence-corrected chi connectivity index (χ2v) is 6.17. The normalized spacial score (nSPS) is 10.7. The fraction of sp³-hybridized carbons (Fsp3) is 0.389. The molecule has 0 aliphatic rings. The van der Waals surface area contributed by atoms with Crippen LogP contribution in [0.2, 0.25) is 0 Å². The molecule has 2 rings (SSSR count). The van der Waals surface area contributed by atoms with E-state index in [0.717, 1.165) is 17.5 Å². The van der Waals surface area contributed by atoms with Crippen LogP contribution < -0.4 is 10.6 Å². The molecule has 6 nitrogen and oxygen atoms in total. The Morgan fingerprint density at radius 1 is 1.17 bits per heavy atom. The van der Waals surface area contributed by atoms with Gasteiger partial charge in [0, 0.05) is 13.1 Å². The van der Waals surface area contributed by atoms with Gasteiger partial charge in [-0.15, -0.1) is 0 Å². The summed E-state index contributed by atoms with van der Waals surface area (Å²) in [7, 11) is 0. The van der Waals surface area contributed by atoms with Crippen molar-refractivity contribution in [2.24, 2.45) is 5.92 Å². The average Bonchev–Trinajstić information content (AvgIpc) is 3.03. The number of imidazole rings is 1. The number of aromatic amines is 1. The van der Waals surface area contributed by atoms with Gasteiger partial charge in [-0.25, -0.2) is 4.98 Å². The lowest BCUT2D eigenvalue weighted by Gasteiger charge is -2.09. The Labute approximate surface area is 142 Å². The van der Waals surface area contributed by atoms with Crippen LogP contribution in [-0.2, 0) is 6.54 Å². The van der Waals surface area contributed by atoms with Crippen LogP contribution in [0, 0.1) is 12.8 Å². The summed E-state index contributed by atoms with van der Waals surface area (Å²) in [6.07, 6.45) is 2.24. The predicted molar refractivity (Wildman–Crippen MR) is 92.7 cm³/mol. The van der Waals surface area contributed by atoms with E-state index < -0.39 is 0 Å². The van der Waals surface area contributed by atoms with Crippen LogP contribution in [-0.4, -0.2) is 28.3 Å². The first kappa shape index (κ1) is 17.7. The average molecular weight is 328 g/mol. The van der Waals surface area contributed by atoms with E-state index in [1.807, 2.05) is 31.2 Å². The number of benzene rings is 1. The first-order chi connectivity index (χ1) is 11.5. The van der Waals surface area contributed by atoms with Gasteiger partial charge in [0.25, 0.3) is 11.8 Å². The molecule has 128 valence electrons. The largest absolute Gasteiger partial charge is 0.351 e. The fourth-order valence-electron chi connectivity index (χ4n) is 2.27. The van der Waals surface area contributed by atoms with E-state index >= 15 is 0 Å². The number of nitrogens with one attached hydrogen (secondary N) is 3. The predicted octanol–water partition coefficient (Wildman–Crippen LogP) is 2.42. The van der Waals surface area contributed by atoms with Crippen molar-refractivity contribution in [2.75, 3.05) is 6.54 Å². The molecule has 1 heterocycles. The minimum Gasteiger partial charge on any atom is -0.351 e. The molecule has 2 aromatic rings. The second kappa shape index (κ2) is 8.29. The molecule has 24 heavy (non-hydrogen) atoms. The molecule has 1 aromatic heterocycles. The van der Waals surface area contributed by atoms with Gasteiger partial charge in [-0.3, -0.25) is 9.59 Å². The summed E-state index contributed by atoms with van der Waals surface area (Å²) >= 11 is 0. The molecular weight excluding hydrogens is 304 g/mol. The quantitative estimate of drug-likeness (QED) is 0.729. The van der Waals surface area contributed by atoms with Crippen molar-refractivity contribution in [1.29, 1.82) is 0 Å². The maximum atomic E-state index is 12.3. The summed E-state index contributed by atoms with van der Waals surface area (Å²) in [5.41, 5.74) is 2.45. The van der Waals surface area contributed by atoms with Gasteiger partial charge in [0.1, 0.15) is 5.69 Å². The molecule has 1 aromatic carbocycles. The van der Waals surface area contributed by atoms with Gasteiger partial charge in [0.2, 0.25) is 0 Å². The summed E-state index contributed by atoms with van der Waals surface area (Å²) in [6.45, 7) is 7.13. The van der Waals surface area contributed by atoms with Crippen molar-refractivity contribution in [3.8, 4) is 0 Å². The van der Waals surface area contributed by atoms with Crippen LogP contribution in [0.5, 0.6) is 0 Å². The lowest BCUT2D eigenvalue weighted by atomic mass is 10.1. The number of hydrogen-bond acceptors (Lipinski definition) is 3. The highest BCUT2D eigenvalue weighted by Crippen LogP contribution is 2.08. The van der Waals surface area contributed by atoms with E-state index in [2.05, 4.69) is 34.4 Å². The fourth-order valence-corrected chi connectivity index (χ4v) is 2.27. The zero-order valence-corrected chi connectivity index (χ0v) is 14.3. The first-order valence-electron chi connectivity index (χ1n) is 8.13. The highest BCUT2D eigenvalue weighted by molar-refractivity contribution is 6.04. The van der Waals surface area contributed by atoms with E-state index in [1.165, 1.54) is 6.33 Å². The van der Waals surface area contributed by atoms with E-state index in [4.69, 9.17) is 0 Å². The number of carbonyl (C=O) groups is 2. The Kier molecular flexibility index (Phi) is 6.12. The van der Waals surface area contributed by atoms with Crippen molar-refractivity contribution in [1.82, 2.24) is 20.6 Å². The van der Waals surface area contributed by atoms with Gasteiger partial charge in [-0.05, 0) is 30.4 Å². The number of carbonyl (C=O) groups excluding carboxylic acids is 2. The number of rotatable bonds is 7. The lowest BCUT2D eigenvalue weighted by Crippen LogP contribution is -2.30. The van der Waals surface area contributed by atoms with Crippen molar-refractivity contribution in [3.63, 3.8) is 0 Å². The maximum absolute atomic E-state index is 12.3. The minimum atomic E-state index is -0.343. The van der Waals surface area contributed by atoms with Gasteiger partial charge in [0.05, 0.1) is 6.33 Å². The van der Waals surface area contributed by atoms with E-state index in [1.54, 1.807) is 0 Å². The van der Waals surface area contributed by atoms with Crippen LogP contribution in [0.25, 0.3) is 0 Å². The summed E-state index contributed by atoms with van der Waals surface area (Å²) < 4.78 is 0. The molecule has 0 aliphatic carbocycles. The van der Waals surface area contributed by atoms with Crippen LogP contribution in [0.15, 0.2) is 30.6 Å². The highest BCUT2D eigenvalue weighted by Gasteiger charge is 2.20. The standard InChI is InChI=1S/C18H24N4O2/c1-12(2)8-9-19-17(23)15-16(22-11-21-15)18(24)20-10-14-7-5-4-6-13(14)3/h4-7,11-12H,8-10H2,1-3H3,(H,19,23)(H,20,24)(H,21,22). The van der Waals surface area contributed by atoms with Crippen LogP contribution in [0.1, 0.15) is 52.4 Å². The Balaban J connectivity index is 1.97. The van der Waals surface area contributed by atoms with Gasteiger partial charge in [-0.1, -0.05) is 38.1 Å². The maximum Gasteiger partial charge on any atom is 0.272 e. The van der Waals surface area contributed by atoms with Gasteiger partial charge in [0.15, 0.2) is 5.69 Å². The SMILES string of the molecule is Cc1ccccc1CNC(=O)c1[nH]cnc1C(=O)NCCC(C)C. The zero-order chi connectivity index (χ0) is 17.5. The van der Waals surface area contributed by atoms with Crippen molar-refractivity contribution < 1.29 is 9.59 Å². The third-order valence-electron chi connectivity index (χ3n) is 3.79. The van der Waals surface area contributed by atoms with E-state index in [-0.39, 0.29) is 23.2 Å². The molecule has 0 radical (unpaired) electrons. The third-order valence-corrected chi connectivity index (χ3v) is 3.79. The van der Waals surface area contributed by atoms with Crippen molar-refractivity contribution >= 4 is 11.8 Å². The molecule has 0 fully saturated rings. The zero-order valence-electron chi connectivity index (χ0n) is 14.3. The monoisotopic (exact) mass is 328 g/mol. The Hall–Kier alpha value is -2.63. The van der Waals surface area contributed by atoms with E-state index in [0.29, 0.717) is 19.0 Å². The summed E-state index contributed by atoms with van der Waals surface area (Å²) in [5.74, 6) is -0.177. The molecule has 0 bridgehead atoms. The molecule has 0 atom stereocenters. The molecule has 6 heteroatoms. The summed E-state index contributed by atoms with van der Waals surface area (Å²) in [6, 6.07) is 7.83. The minimum absolute atomic E-state index is 0.126. The molecule has 0 saturated heterocycles. The van der Waals surface area contributed by atoms with Crippen LogP contribution in [0.4, 0.5) is 0 Å². The Bertz CT molecular complexity index is 707. The summed E-state index contributed by atoms with van der Waals surface area (Å²) in [5, 5.41) is 5.61. The molecule has 3 N–H and O–H groups in total. The van der Waals surface area contributed by atoms with Crippen molar-refractivity contribution in [3.05, 3.63) is 53.1 Å². The van der Waals surface area contributed by atoms with Gasteiger partial charge >= 0.3 is 0 Å². The number of nitrogens with zero attached hydrogens (tertiary/aromatic N) is 1. The molecule has 2 amide bonds. The topological polar surface area (TPSA) is 86.9 Å². The van der Waals surface area contributed by atoms with Crippen LogP contribution in [0.3, 0.4) is 0 Å². The number of amides is 2. The van der Waals surface area contributed by atoms with E-state index in [9.17, 15) is 9.59 Å². The molecule has 0 spiro atoms. The number of hydrogen-bond donors (Lipinski definition) is 3. The molecule has 0 unspecified atom stereocenters. The first-order valence-corrected chi connectivity index (χ1v) is 8.13. The third kappa shape index (κ3) is 4.68. The molecular formula is C18H24N4O2. The Morgan fingerprint density at radius 3 is 2.62 bits per heavy atom. The highest BCUT2D eigenvalue weighted by atomic mass is 16.2. The van der Waals surface area contributed by atoms with Gasteiger partial charge in [-0.2, -0.15) is 0 Å². The van der Waals surface area contributed by atoms with Crippen molar-refractivity contribution in [2.45, 2.75) is 33.7 Å². The lowest BCUT2D eigenvalue weighted by molar-refractivity contribution is 0.0911. The second-order valence-electron chi connectivity index (χ2n) is 6.17. The number of aryl methyl sites for hydroxylation is 1. The summed E-state index contributed by atoms with van der Waals surface area (Å²) in [4.78, 5) is 31.2.